The summed E-state index contributed by atoms with van der Waals surface area (Å²) in [5.41, 5.74) is 0. The van der Waals surface area contributed by atoms with Crippen molar-refractivity contribution in [1.82, 2.24) is 4.90 Å². The Morgan fingerprint density at radius 3 is 3.00 bits per heavy atom. The Bertz CT molecular complexity index is 140. The Labute approximate surface area is 66.9 Å². The molecule has 0 bridgehead atoms. The molecule has 2 aliphatic rings. The fourth-order valence-corrected chi connectivity index (χ4v) is 2.36. The standard InChI is InChI=1S/C7H13NOS/c1-8-6-4-9-3-5(6)2-7(8)10/h5-7,10H,2-4H2,1H3/t5-,6+,7+/m0/s1. The number of hydrogen-bond donors (Lipinski definition) is 1. The summed E-state index contributed by atoms with van der Waals surface area (Å²) < 4.78 is 5.35. The largest absolute Gasteiger partial charge is 0.379 e. The molecule has 2 fully saturated rings. The predicted molar refractivity (Wildman–Crippen MR) is 43.3 cm³/mol. The zero-order chi connectivity index (χ0) is 7.14. The third-order valence-corrected chi connectivity index (χ3v) is 3.25. The first-order chi connectivity index (χ1) is 4.79. The molecule has 2 saturated heterocycles. The summed E-state index contributed by atoms with van der Waals surface area (Å²) in [6.07, 6.45) is 1.20. The van der Waals surface area contributed by atoms with Crippen molar-refractivity contribution in [1.29, 1.82) is 0 Å². The molecule has 58 valence electrons. The van der Waals surface area contributed by atoms with Gasteiger partial charge in [0.05, 0.1) is 18.6 Å². The molecule has 2 nitrogen and oxygen atoms in total. The smallest absolute Gasteiger partial charge is 0.0625 e. The molecule has 2 heterocycles. The van der Waals surface area contributed by atoms with E-state index in [9.17, 15) is 0 Å². The molecule has 0 amide bonds. The molecule has 0 saturated carbocycles. The maximum atomic E-state index is 5.35. The van der Waals surface area contributed by atoms with Crippen molar-refractivity contribution >= 4 is 12.6 Å². The third kappa shape index (κ3) is 0.881. The Hall–Kier alpha value is 0.270. The van der Waals surface area contributed by atoms with E-state index in [-0.39, 0.29) is 0 Å². The average molecular weight is 159 g/mol. The second kappa shape index (κ2) is 2.40. The first-order valence-electron chi connectivity index (χ1n) is 3.77. The molecule has 2 rings (SSSR count). The monoisotopic (exact) mass is 159 g/mol. The van der Waals surface area contributed by atoms with Gasteiger partial charge in [-0.2, -0.15) is 12.6 Å². The van der Waals surface area contributed by atoms with Crippen LogP contribution >= 0.6 is 12.6 Å². The molecule has 0 aromatic carbocycles. The number of ether oxygens (including phenoxy) is 1. The van der Waals surface area contributed by atoms with Gasteiger partial charge in [0.2, 0.25) is 0 Å². The van der Waals surface area contributed by atoms with Crippen LogP contribution in [0.4, 0.5) is 0 Å². The first kappa shape index (κ1) is 6.95. The van der Waals surface area contributed by atoms with E-state index in [1.165, 1.54) is 6.42 Å². The molecule has 0 unspecified atom stereocenters. The van der Waals surface area contributed by atoms with Gasteiger partial charge in [-0.05, 0) is 13.5 Å². The molecule has 0 N–H and O–H groups in total. The van der Waals surface area contributed by atoms with E-state index in [1.54, 1.807) is 0 Å². The Kier molecular flexibility index (Phi) is 1.66. The van der Waals surface area contributed by atoms with Crippen LogP contribution in [0.5, 0.6) is 0 Å². The van der Waals surface area contributed by atoms with E-state index >= 15 is 0 Å². The minimum atomic E-state index is 0.471. The maximum Gasteiger partial charge on any atom is 0.0625 e. The highest BCUT2D eigenvalue weighted by Gasteiger charge is 2.40. The van der Waals surface area contributed by atoms with E-state index in [1.807, 2.05) is 0 Å². The fraction of sp³-hybridized carbons (Fsp3) is 1.00. The van der Waals surface area contributed by atoms with Gasteiger partial charge in [-0.15, -0.1) is 0 Å². The fourth-order valence-electron chi connectivity index (χ4n) is 1.92. The number of nitrogens with zero attached hydrogens (tertiary/aromatic N) is 1. The van der Waals surface area contributed by atoms with Crippen LogP contribution in [0.2, 0.25) is 0 Å². The van der Waals surface area contributed by atoms with Crippen molar-refractivity contribution in [3.8, 4) is 0 Å². The number of rotatable bonds is 0. The number of likely N-dealkylation sites (tertiary alicyclic amines) is 1. The maximum absolute atomic E-state index is 5.35. The van der Waals surface area contributed by atoms with Gasteiger partial charge < -0.3 is 4.74 Å². The van der Waals surface area contributed by atoms with Gasteiger partial charge in [0.1, 0.15) is 0 Å². The summed E-state index contributed by atoms with van der Waals surface area (Å²) in [6.45, 7) is 1.87. The van der Waals surface area contributed by atoms with Crippen LogP contribution in [0.25, 0.3) is 0 Å². The van der Waals surface area contributed by atoms with Gasteiger partial charge in [0.25, 0.3) is 0 Å². The molecular formula is C7H13NOS. The van der Waals surface area contributed by atoms with Gasteiger partial charge in [0, 0.05) is 12.0 Å². The van der Waals surface area contributed by atoms with Gasteiger partial charge in [-0.3, -0.25) is 4.90 Å². The number of likely N-dealkylation sites (N-methyl/N-ethyl adjacent to an activating group) is 1. The lowest BCUT2D eigenvalue weighted by molar-refractivity contribution is 0.152. The molecule has 0 aromatic rings. The van der Waals surface area contributed by atoms with E-state index in [4.69, 9.17) is 4.74 Å². The van der Waals surface area contributed by atoms with Crippen molar-refractivity contribution in [2.45, 2.75) is 17.8 Å². The van der Waals surface area contributed by atoms with Gasteiger partial charge in [-0.25, -0.2) is 0 Å². The summed E-state index contributed by atoms with van der Waals surface area (Å²) in [4.78, 5) is 2.32. The minimum absolute atomic E-state index is 0.471. The topological polar surface area (TPSA) is 12.5 Å². The zero-order valence-electron chi connectivity index (χ0n) is 6.16. The highest BCUT2D eigenvalue weighted by atomic mass is 32.1. The van der Waals surface area contributed by atoms with Crippen molar-refractivity contribution in [2.24, 2.45) is 5.92 Å². The number of thiol groups is 1. The van der Waals surface area contributed by atoms with Gasteiger partial charge in [-0.1, -0.05) is 0 Å². The quantitative estimate of drug-likeness (QED) is 0.519. The van der Waals surface area contributed by atoms with Crippen LogP contribution in [0.3, 0.4) is 0 Å². The van der Waals surface area contributed by atoms with E-state index < -0.39 is 0 Å². The molecular weight excluding hydrogens is 146 g/mol. The summed E-state index contributed by atoms with van der Waals surface area (Å²) >= 11 is 4.46. The summed E-state index contributed by atoms with van der Waals surface area (Å²) in [6, 6.07) is 0.655. The summed E-state index contributed by atoms with van der Waals surface area (Å²) in [5, 5.41) is 0.471. The summed E-state index contributed by atoms with van der Waals surface area (Å²) in [5.74, 6) is 0.757. The molecule has 3 heteroatoms. The zero-order valence-corrected chi connectivity index (χ0v) is 7.05. The number of hydrogen-bond acceptors (Lipinski definition) is 3. The number of fused-ring (bicyclic) bond motifs is 1. The normalized spacial score (nSPS) is 48.0. The third-order valence-electron chi connectivity index (χ3n) is 2.67. The molecule has 3 atom stereocenters. The Morgan fingerprint density at radius 1 is 1.50 bits per heavy atom. The Morgan fingerprint density at radius 2 is 2.30 bits per heavy atom. The summed E-state index contributed by atoms with van der Waals surface area (Å²) in [7, 11) is 2.14. The molecule has 0 aliphatic carbocycles. The van der Waals surface area contributed by atoms with Crippen LogP contribution in [0.15, 0.2) is 0 Å². The first-order valence-corrected chi connectivity index (χ1v) is 4.28. The van der Waals surface area contributed by atoms with Crippen molar-refractivity contribution in [3.05, 3.63) is 0 Å². The van der Waals surface area contributed by atoms with Crippen LogP contribution in [-0.2, 0) is 4.74 Å². The van der Waals surface area contributed by atoms with E-state index in [2.05, 4.69) is 24.6 Å². The molecule has 2 aliphatic heterocycles. The van der Waals surface area contributed by atoms with Gasteiger partial charge in [0.15, 0.2) is 0 Å². The molecule has 0 spiro atoms. The van der Waals surface area contributed by atoms with Crippen LogP contribution < -0.4 is 0 Å². The molecule has 0 radical (unpaired) electrons. The SMILES string of the molecule is CN1[C@H](S)C[C@H]2COC[C@H]21. The lowest BCUT2D eigenvalue weighted by Gasteiger charge is -2.19. The van der Waals surface area contributed by atoms with E-state index in [0.29, 0.717) is 11.4 Å². The van der Waals surface area contributed by atoms with Crippen LogP contribution in [0.1, 0.15) is 6.42 Å². The second-order valence-electron chi connectivity index (χ2n) is 3.25. The molecule has 0 aromatic heterocycles. The lowest BCUT2D eigenvalue weighted by Crippen LogP contribution is -2.31. The Balaban J connectivity index is 2.09. The van der Waals surface area contributed by atoms with Crippen molar-refractivity contribution in [2.75, 3.05) is 20.3 Å². The van der Waals surface area contributed by atoms with Crippen LogP contribution in [0, 0.1) is 5.92 Å². The lowest BCUT2D eigenvalue weighted by atomic mass is 10.1. The van der Waals surface area contributed by atoms with Gasteiger partial charge >= 0.3 is 0 Å². The van der Waals surface area contributed by atoms with E-state index in [0.717, 1.165) is 19.1 Å². The molecule has 10 heavy (non-hydrogen) atoms. The van der Waals surface area contributed by atoms with Crippen molar-refractivity contribution in [3.63, 3.8) is 0 Å². The highest BCUT2D eigenvalue weighted by molar-refractivity contribution is 7.80. The predicted octanol–water partition coefficient (Wildman–Crippen LogP) is 0.593. The highest BCUT2D eigenvalue weighted by Crippen LogP contribution is 2.34. The van der Waals surface area contributed by atoms with Crippen molar-refractivity contribution < 1.29 is 4.74 Å². The second-order valence-corrected chi connectivity index (χ2v) is 3.84. The van der Waals surface area contributed by atoms with Crippen LogP contribution in [-0.4, -0.2) is 36.6 Å². The minimum Gasteiger partial charge on any atom is -0.379 e. The average Bonchev–Trinajstić information content (AvgIpc) is 2.41.